The Kier molecular flexibility index (Phi) is 6.69. The van der Waals surface area contributed by atoms with E-state index in [4.69, 9.17) is 16.3 Å². The van der Waals surface area contributed by atoms with Crippen molar-refractivity contribution in [3.63, 3.8) is 0 Å². The van der Waals surface area contributed by atoms with E-state index in [1.54, 1.807) is 19.2 Å². The Morgan fingerprint density at radius 3 is 2.46 bits per heavy atom. The summed E-state index contributed by atoms with van der Waals surface area (Å²) in [4.78, 5) is 15.6. The van der Waals surface area contributed by atoms with Crippen LogP contribution in [-0.4, -0.2) is 39.8 Å². The number of halogens is 1. The van der Waals surface area contributed by atoms with Gasteiger partial charge in [0.15, 0.2) is 0 Å². The molecule has 6 nitrogen and oxygen atoms in total. The van der Waals surface area contributed by atoms with Crippen LogP contribution in [0.3, 0.4) is 0 Å². The van der Waals surface area contributed by atoms with E-state index in [1.807, 2.05) is 36.1 Å². The van der Waals surface area contributed by atoms with E-state index in [0.29, 0.717) is 40.9 Å². The first-order valence-corrected chi connectivity index (χ1v) is 12.8. The lowest BCUT2D eigenvalue weighted by Crippen LogP contribution is -2.31. The number of rotatable bonds is 7. The van der Waals surface area contributed by atoms with Gasteiger partial charge in [-0.3, -0.25) is 9.89 Å². The van der Waals surface area contributed by atoms with Crippen molar-refractivity contribution in [3.8, 4) is 22.8 Å². The van der Waals surface area contributed by atoms with Gasteiger partial charge in [-0.2, -0.15) is 5.10 Å². The molecule has 1 unspecified atom stereocenters. The predicted molar refractivity (Wildman–Crippen MR) is 146 cm³/mol. The van der Waals surface area contributed by atoms with Crippen molar-refractivity contribution in [3.05, 3.63) is 99.2 Å². The first kappa shape index (κ1) is 24.9. The van der Waals surface area contributed by atoms with Gasteiger partial charge in [0.1, 0.15) is 22.9 Å². The van der Waals surface area contributed by atoms with Gasteiger partial charge >= 0.3 is 0 Å². The maximum absolute atomic E-state index is 13.7. The van der Waals surface area contributed by atoms with Crippen molar-refractivity contribution in [1.82, 2.24) is 15.1 Å². The number of nitrogens with zero attached hydrogens (tertiary/aromatic N) is 2. The molecular formula is C30H30ClN3O3. The van der Waals surface area contributed by atoms with Gasteiger partial charge in [-0.25, -0.2) is 0 Å². The molecule has 1 aliphatic heterocycles. The van der Waals surface area contributed by atoms with Crippen LogP contribution in [0.4, 0.5) is 0 Å². The van der Waals surface area contributed by atoms with Crippen molar-refractivity contribution in [1.29, 1.82) is 0 Å². The maximum atomic E-state index is 13.7. The minimum Gasteiger partial charge on any atom is -0.507 e. The van der Waals surface area contributed by atoms with E-state index in [2.05, 4.69) is 48.3 Å². The number of aryl methyl sites for hydroxylation is 1. The summed E-state index contributed by atoms with van der Waals surface area (Å²) in [5.41, 5.74) is 6.34. The molecule has 0 spiro atoms. The monoisotopic (exact) mass is 515 g/mol. The van der Waals surface area contributed by atoms with E-state index < -0.39 is 0 Å². The van der Waals surface area contributed by atoms with E-state index in [1.165, 1.54) is 5.56 Å². The number of nitrogens with one attached hydrogen (secondary N) is 1. The van der Waals surface area contributed by atoms with Gasteiger partial charge in [0.25, 0.3) is 5.91 Å². The van der Waals surface area contributed by atoms with Gasteiger partial charge in [0.2, 0.25) is 0 Å². The van der Waals surface area contributed by atoms with Crippen LogP contribution < -0.4 is 4.74 Å². The van der Waals surface area contributed by atoms with Crippen molar-refractivity contribution in [2.75, 3.05) is 13.7 Å². The summed E-state index contributed by atoms with van der Waals surface area (Å²) in [5.74, 6) is 1.16. The third kappa shape index (κ3) is 4.58. The highest BCUT2D eigenvalue weighted by Crippen LogP contribution is 2.45. The molecule has 0 saturated carbocycles. The third-order valence-electron chi connectivity index (χ3n) is 7.12. The molecule has 5 rings (SSSR count). The molecule has 0 radical (unpaired) electrons. The average molecular weight is 516 g/mol. The quantitative estimate of drug-likeness (QED) is 0.288. The van der Waals surface area contributed by atoms with Crippen molar-refractivity contribution in [2.24, 2.45) is 0 Å². The Morgan fingerprint density at radius 1 is 1.11 bits per heavy atom. The molecule has 0 bridgehead atoms. The largest absolute Gasteiger partial charge is 0.507 e. The number of H-pyrrole nitrogens is 1. The maximum Gasteiger partial charge on any atom is 0.273 e. The molecule has 1 aromatic heterocycles. The van der Waals surface area contributed by atoms with Crippen molar-refractivity contribution < 1.29 is 14.6 Å². The first-order chi connectivity index (χ1) is 17.8. The van der Waals surface area contributed by atoms with Crippen LogP contribution in [0.5, 0.6) is 11.5 Å². The lowest BCUT2D eigenvalue weighted by molar-refractivity contribution is 0.0746. The summed E-state index contributed by atoms with van der Waals surface area (Å²) >= 11 is 6.42. The fourth-order valence-corrected chi connectivity index (χ4v) is 5.10. The third-order valence-corrected chi connectivity index (χ3v) is 7.52. The van der Waals surface area contributed by atoms with Crippen molar-refractivity contribution in [2.45, 2.75) is 39.2 Å². The zero-order chi connectivity index (χ0) is 26.3. The lowest BCUT2D eigenvalue weighted by atomic mass is 9.93. The molecule has 190 valence electrons. The molecule has 1 atom stereocenters. The molecule has 4 aromatic rings. The number of ether oxygens (including phenoxy) is 1. The number of hydrogen-bond donors (Lipinski definition) is 2. The van der Waals surface area contributed by atoms with Crippen molar-refractivity contribution >= 4 is 17.5 Å². The second-order valence-corrected chi connectivity index (χ2v) is 10.2. The zero-order valence-corrected chi connectivity index (χ0v) is 22.1. The second kappa shape index (κ2) is 9.94. The molecule has 0 fully saturated rings. The fraction of sp³-hybridized carbons (Fsp3) is 0.267. The summed E-state index contributed by atoms with van der Waals surface area (Å²) in [7, 11) is 1.64. The summed E-state index contributed by atoms with van der Waals surface area (Å²) in [5, 5.41) is 18.7. The van der Waals surface area contributed by atoms with Gasteiger partial charge in [0, 0.05) is 22.7 Å². The molecule has 3 aromatic carbocycles. The molecule has 2 N–H and O–H groups in total. The van der Waals surface area contributed by atoms with Crippen LogP contribution in [0, 0.1) is 6.92 Å². The number of amides is 1. The van der Waals surface area contributed by atoms with Gasteiger partial charge in [-0.1, -0.05) is 61.8 Å². The number of carbonyl (C=O) groups is 1. The predicted octanol–water partition coefficient (Wildman–Crippen LogP) is 6.66. The summed E-state index contributed by atoms with van der Waals surface area (Å²) in [6, 6.07) is 19.3. The first-order valence-electron chi connectivity index (χ1n) is 12.4. The van der Waals surface area contributed by atoms with E-state index in [9.17, 15) is 9.90 Å². The zero-order valence-electron chi connectivity index (χ0n) is 21.4. The summed E-state index contributed by atoms with van der Waals surface area (Å²) in [6.45, 7) is 6.67. The Labute approximate surface area is 221 Å². The standard InChI is InChI=1S/C30H30ClN3O3/c1-17(2)20-7-9-21(10-8-20)29-26-27(23-16-24(31)18(3)15-25(23)35)32-33-28(26)30(36)34(29)14-13-19-5-11-22(37-4)12-6-19/h5-12,15-17,29,35H,13-14H2,1-4H3,(H,32,33). The smallest absolute Gasteiger partial charge is 0.273 e. The highest BCUT2D eigenvalue weighted by atomic mass is 35.5. The van der Waals surface area contributed by atoms with Crippen LogP contribution >= 0.6 is 11.6 Å². The molecule has 0 saturated heterocycles. The number of fused-ring (bicyclic) bond motifs is 1. The molecule has 37 heavy (non-hydrogen) atoms. The van der Waals surface area contributed by atoms with Gasteiger partial charge in [-0.05, 0) is 65.8 Å². The molecule has 0 aliphatic carbocycles. The number of benzene rings is 3. The molecule has 7 heteroatoms. The van der Waals surface area contributed by atoms with Crippen LogP contribution in [0.1, 0.15) is 64.1 Å². The SMILES string of the molecule is COc1ccc(CCN2C(=O)c3[nH]nc(-c4cc(Cl)c(C)cc4O)c3C2c2ccc(C(C)C)cc2)cc1. The van der Waals surface area contributed by atoms with Gasteiger partial charge in [-0.15, -0.1) is 0 Å². The van der Waals surface area contributed by atoms with E-state index in [0.717, 1.165) is 28.0 Å². The number of phenolic OH excluding ortho intramolecular Hbond substituents is 1. The number of carbonyl (C=O) groups excluding carboxylic acids is 1. The van der Waals surface area contributed by atoms with E-state index >= 15 is 0 Å². The molecule has 1 amide bonds. The van der Waals surface area contributed by atoms with Crippen LogP contribution in [0.2, 0.25) is 5.02 Å². The number of methoxy groups -OCH3 is 1. The summed E-state index contributed by atoms with van der Waals surface area (Å²) < 4.78 is 5.27. The lowest BCUT2D eigenvalue weighted by Gasteiger charge is -2.27. The molecule has 1 aliphatic rings. The van der Waals surface area contributed by atoms with Crippen LogP contribution in [-0.2, 0) is 6.42 Å². The minimum absolute atomic E-state index is 0.0780. The van der Waals surface area contributed by atoms with Gasteiger partial charge in [0.05, 0.1) is 13.2 Å². The normalized spacial score (nSPS) is 14.9. The highest BCUT2D eigenvalue weighted by Gasteiger charge is 2.42. The number of aromatic hydroxyl groups is 1. The number of aromatic amines is 1. The second-order valence-electron chi connectivity index (χ2n) is 9.80. The van der Waals surface area contributed by atoms with Crippen LogP contribution in [0.25, 0.3) is 11.3 Å². The number of hydrogen-bond acceptors (Lipinski definition) is 4. The number of phenols is 1. The highest BCUT2D eigenvalue weighted by molar-refractivity contribution is 6.31. The summed E-state index contributed by atoms with van der Waals surface area (Å²) in [6.07, 6.45) is 0.685. The Morgan fingerprint density at radius 2 is 1.81 bits per heavy atom. The Hall–Kier alpha value is -3.77. The fourth-order valence-electron chi connectivity index (χ4n) is 4.94. The van der Waals surface area contributed by atoms with Gasteiger partial charge < -0.3 is 14.7 Å². The van der Waals surface area contributed by atoms with Crippen LogP contribution in [0.15, 0.2) is 60.7 Å². The Balaban J connectivity index is 1.57. The molecule has 2 heterocycles. The molecular weight excluding hydrogens is 486 g/mol. The number of aromatic nitrogens is 2. The Bertz CT molecular complexity index is 1440. The topological polar surface area (TPSA) is 78.5 Å². The van der Waals surface area contributed by atoms with E-state index in [-0.39, 0.29) is 17.7 Å². The average Bonchev–Trinajstić information content (AvgIpc) is 3.44. The minimum atomic E-state index is -0.352.